The highest BCUT2D eigenvalue weighted by molar-refractivity contribution is 6.08. The highest BCUT2D eigenvalue weighted by Crippen LogP contribution is 2.28. The SMILES string of the molecule is N#Cc1ccc(-c2ccccc2)c(C(=O)O)c1C(=O)O. The van der Waals surface area contributed by atoms with Crippen molar-refractivity contribution in [2.24, 2.45) is 0 Å². The highest BCUT2D eigenvalue weighted by Gasteiger charge is 2.24. The minimum atomic E-state index is -1.43. The largest absolute Gasteiger partial charge is 0.478 e. The van der Waals surface area contributed by atoms with Gasteiger partial charge in [-0.25, -0.2) is 9.59 Å². The van der Waals surface area contributed by atoms with Gasteiger partial charge in [0.15, 0.2) is 0 Å². The molecule has 2 N–H and O–H groups in total. The molecular weight excluding hydrogens is 258 g/mol. The van der Waals surface area contributed by atoms with Crippen LogP contribution >= 0.6 is 0 Å². The van der Waals surface area contributed by atoms with Crippen molar-refractivity contribution in [1.82, 2.24) is 0 Å². The lowest BCUT2D eigenvalue weighted by atomic mass is 9.92. The highest BCUT2D eigenvalue weighted by atomic mass is 16.4. The van der Waals surface area contributed by atoms with Crippen LogP contribution in [0.3, 0.4) is 0 Å². The maximum atomic E-state index is 11.4. The molecule has 0 aliphatic carbocycles. The lowest BCUT2D eigenvalue weighted by Crippen LogP contribution is -2.12. The molecule has 0 aromatic heterocycles. The molecule has 0 saturated heterocycles. The van der Waals surface area contributed by atoms with Crippen molar-refractivity contribution in [3.8, 4) is 17.2 Å². The maximum absolute atomic E-state index is 11.4. The summed E-state index contributed by atoms with van der Waals surface area (Å²) in [5.41, 5.74) is -0.176. The van der Waals surface area contributed by atoms with E-state index in [1.165, 1.54) is 12.1 Å². The summed E-state index contributed by atoms with van der Waals surface area (Å²) in [5, 5.41) is 27.4. The van der Waals surface area contributed by atoms with Crippen molar-refractivity contribution in [2.45, 2.75) is 0 Å². The van der Waals surface area contributed by atoms with Crippen LogP contribution in [0.4, 0.5) is 0 Å². The zero-order valence-corrected chi connectivity index (χ0v) is 10.2. The van der Waals surface area contributed by atoms with Gasteiger partial charge in [-0.2, -0.15) is 5.26 Å². The Labute approximate surface area is 114 Å². The van der Waals surface area contributed by atoms with Gasteiger partial charge in [-0.05, 0) is 17.2 Å². The Hall–Kier alpha value is -3.13. The monoisotopic (exact) mass is 267 g/mol. The number of carboxylic acids is 2. The minimum Gasteiger partial charge on any atom is -0.478 e. The van der Waals surface area contributed by atoms with Gasteiger partial charge >= 0.3 is 11.9 Å². The number of aromatic carboxylic acids is 2. The number of nitrogens with zero attached hydrogens (tertiary/aromatic N) is 1. The fourth-order valence-corrected chi connectivity index (χ4v) is 2.00. The quantitative estimate of drug-likeness (QED) is 0.890. The van der Waals surface area contributed by atoms with Gasteiger partial charge in [0.05, 0.1) is 16.7 Å². The lowest BCUT2D eigenvalue weighted by molar-refractivity contribution is 0.0652. The summed E-state index contributed by atoms with van der Waals surface area (Å²) < 4.78 is 0. The molecule has 0 saturated carbocycles. The van der Waals surface area contributed by atoms with E-state index in [0.717, 1.165) is 0 Å². The summed E-state index contributed by atoms with van der Waals surface area (Å²) in [7, 11) is 0. The molecule has 5 nitrogen and oxygen atoms in total. The molecule has 2 rings (SSSR count). The Bertz CT molecular complexity index is 730. The number of hydrogen-bond donors (Lipinski definition) is 2. The Morgan fingerprint density at radius 3 is 2.00 bits per heavy atom. The Balaban J connectivity index is 2.85. The van der Waals surface area contributed by atoms with Crippen LogP contribution < -0.4 is 0 Å². The van der Waals surface area contributed by atoms with Gasteiger partial charge in [0.2, 0.25) is 0 Å². The second kappa shape index (κ2) is 5.24. The van der Waals surface area contributed by atoms with Crippen LogP contribution in [0.25, 0.3) is 11.1 Å². The zero-order valence-electron chi connectivity index (χ0n) is 10.2. The van der Waals surface area contributed by atoms with Crippen molar-refractivity contribution in [3.63, 3.8) is 0 Å². The van der Waals surface area contributed by atoms with Crippen molar-refractivity contribution in [2.75, 3.05) is 0 Å². The summed E-state index contributed by atoms with van der Waals surface area (Å²) in [5.74, 6) is -2.81. The van der Waals surface area contributed by atoms with Gasteiger partial charge in [0, 0.05) is 0 Å². The molecule has 0 bridgehead atoms. The lowest BCUT2D eigenvalue weighted by Gasteiger charge is -2.10. The molecule has 2 aromatic carbocycles. The zero-order chi connectivity index (χ0) is 14.7. The molecule has 0 heterocycles. The molecule has 2 aromatic rings. The van der Waals surface area contributed by atoms with E-state index in [1.54, 1.807) is 36.4 Å². The normalized spacial score (nSPS) is 9.75. The van der Waals surface area contributed by atoms with Crippen LogP contribution in [0.1, 0.15) is 26.3 Å². The minimum absolute atomic E-state index is 0.172. The van der Waals surface area contributed by atoms with E-state index in [-0.39, 0.29) is 16.7 Å². The number of hydrogen-bond acceptors (Lipinski definition) is 3. The predicted molar refractivity (Wildman–Crippen MR) is 70.5 cm³/mol. The fourth-order valence-electron chi connectivity index (χ4n) is 2.00. The van der Waals surface area contributed by atoms with Crippen LogP contribution in [0.2, 0.25) is 0 Å². The molecule has 0 aliphatic rings. The third kappa shape index (κ3) is 2.22. The molecule has 98 valence electrons. The molecule has 0 fully saturated rings. The van der Waals surface area contributed by atoms with Crippen LogP contribution in [0.15, 0.2) is 42.5 Å². The summed E-state index contributed by atoms with van der Waals surface area (Å²) in [4.78, 5) is 22.7. The Morgan fingerprint density at radius 1 is 0.900 bits per heavy atom. The van der Waals surface area contributed by atoms with Gasteiger partial charge in [0.1, 0.15) is 6.07 Å². The van der Waals surface area contributed by atoms with E-state index in [9.17, 15) is 19.8 Å². The molecule has 0 spiro atoms. The first-order valence-electron chi connectivity index (χ1n) is 5.65. The molecule has 20 heavy (non-hydrogen) atoms. The van der Waals surface area contributed by atoms with Crippen LogP contribution in [0, 0.1) is 11.3 Å². The van der Waals surface area contributed by atoms with Crippen LogP contribution in [-0.2, 0) is 0 Å². The predicted octanol–water partition coefficient (Wildman–Crippen LogP) is 2.62. The average molecular weight is 267 g/mol. The molecule has 0 unspecified atom stereocenters. The second-order valence-corrected chi connectivity index (χ2v) is 4.00. The first kappa shape index (κ1) is 13.3. The first-order valence-corrected chi connectivity index (χ1v) is 5.65. The molecule has 0 amide bonds. The van der Waals surface area contributed by atoms with E-state index in [4.69, 9.17) is 5.26 Å². The number of carboxylic acid groups (broad SMARTS) is 2. The first-order chi connectivity index (χ1) is 9.56. The average Bonchev–Trinajstić information content (AvgIpc) is 2.46. The molecule has 0 aliphatic heterocycles. The maximum Gasteiger partial charge on any atom is 0.337 e. The van der Waals surface area contributed by atoms with Gasteiger partial charge in [-0.3, -0.25) is 0 Å². The van der Waals surface area contributed by atoms with Crippen molar-refractivity contribution >= 4 is 11.9 Å². The van der Waals surface area contributed by atoms with E-state index in [1.807, 2.05) is 0 Å². The van der Waals surface area contributed by atoms with Gasteiger partial charge in [0.25, 0.3) is 0 Å². The van der Waals surface area contributed by atoms with E-state index < -0.39 is 17.5 Å². The van der Waals surface area contributed by atoms with Crippen molar-refractivity contribution in [1.29, 1.82) is 5.26 Å². The number of rotatable bonds is 3. The molecular formula is C15H9NO4. The molecule has 0 radical (unpaired) electrons. The summed E-state index contributed by atoms with van der Waals surface area (Å²) >= 11 is 0. The third-order valence-electron chi connectivity index (χ3n) is 2.84. The topological polar surface area (TPSA) is 98.4 Å². The van der Waals surface area contributed by atoms with Crippen LogP contribution in [0.5, 0.6) is 0 Å². The standard InChI is InChI=1S/C15H9NO4/c16-8-10-6-7-11(9-4-2-1-3-5-9)13(15(19)20)12(10)14(17)18/h1-7H,(H,17,18)(H,19,20). The van der Waals surface area contributed by atoms with E-state index in [0.29, 0.717) is 5.56 Å². The third-order valence-corrected chi connectivity index (χ3v) is 2.84. The van der Waals surface area contributed by atoms with E-state index >= 15 is 0 Å². The van der Waals surface area contributed by atoms with Crippen molar-refractivity contribution in [3.05, 3.63) is 59.2 Å². The Morgan fingerprint density at radius 2 is 1.50 bits per heavy atom. The van der Waals surface area contributed by atoms with E-state index in [2.05, 4.69) is 0 Å². The second-order valence-electron chi connectivity index (χ2n) is 4.00. The fraction of sp³-hybridized carbons (Fsp3) is 0. The van der Waals surface area contributed by atoms with Crippen LogP contribution in [-0.4, -0.2) is 22.2 Å². The molecule has 5 heteroatoms. The smallest absolute Gasteiger partial charge is 0.337 e. The summed E-state index contributed by atoms with van der Waals surface area (Å²) in [6.45, 7) is 0. The Kier molecular flexibility index (Phi) is 3.49. The van der Waals surface area contributed by atoms with Gasteiger partial charge in [-0.1, -0.05) is 36.4 Å². The van der Waals surface area contributed by atoms with Gasteiger partial charge in [-0.15, -0.1) is 0 Å². The summed E-state index contributed by atoms with van der Waals surface area (Å²) in [6, 6.07) is 13.0. The number of benzene rings is 2. The molecule has 0 atom stereocenters. The van der Waals surface area contributed by atoms with Gasteiger partial charge < -0.3 is 10.2 Å². The number of carbonyl (C=O) groups is 2. The summed E-state index contributed by atoms with van der Waals surface area (Å²) in [6.07, 6.45) is 0. The number of nitriles is 1. The van der Waals surface area contributed by atoms with Crippen molar-refractivity contribution < 1.29 is 19.8 Å².